The number of benzene rings is 2. The lowest BCUT2D eigenvalue weighted by Crippen LogP contribution is -2.15. The van der Waals surface area contributed by atoms with E-state index in [0.717, 1.165) is 11.1 Å². The summed E-state index contributed by atoms with van der Waals surface area (Å²) in [4.78, 5) is 24.6. The topological polar surface area (TPSA) is 118 Å². The standard InChI is InChI=1S/C22H23N3O5S/c1-14-4-9-19(15(2)12-14)20(26)10-11-22(27)23-17-5-7-18(8-6-17)31(28,29)25-21-13-16(3)30-24-21/h4-9,12-13H,10-11H2,1-3H3,(H,23,27)(H,24,25). The van der Waals surface area contributed by atoms with Gasteiger partial charge in [-0.1, -0.05) is 28.9 Å². The number of carbonyl (C=O) groups is 2. The average Bonchev–Trinajstić information content (AvgIpc) is 3.10. The minimum atomic E-state index is -3.83. The van der Waals surface area contributed by atoms with E-state index in [1.165, 1.54) is 30.3 Å². The van der Waals surface area contributed by atoms with Gasteiger partial charge in [0.2, 0.25) is 5.91 Å². The Morgan fingerprint density at radius 2 is 1.68 bits per heavy atom. The summed E-state index contributed by atoms with van der Waals surface area (Å²) in [7, 11) is -3.83. The number of carbonyl (C=O) groups excluding carboxylic acids is 2. The first-order valence-electron chi connectivity index (χ1n) is 9.60. The zero-order valence-electron chi connectivity index (χ0n) is 17.4. The first-order valence-corrected chi connectivity index (χ1v) is 11.1. The van der Waals surface area contributed by atoms with Gasteiger partial charge < -0.3 is 9.84 Å². The van der Waals surface area contributed by atoms with Crippen molar-refractivity contribution in [1.82, 2.24) is 5.16 Å². The summed E-state index contributed by atoms with van der Waals surface area (Å²) in [5.41, 5.74) is 3.00. The number of nitrogens with one attached hydrogen (secondary N) is 2. The molecule has 0 aliphatic heterocycles. The van der Waals surface area contributed by atoms with E-state index in [4.69, 9.17) is 4.52 Å². The Morgan fingerprint density at radius 1 is 0.968 bits per heavy atom. The Hall–Kier alpha value is -3.46. The third-order valence-corrected chi connectivity index (χ3v) is 5.95. The molecule has 0 bridgehead atoms. The first kappa shape index (κ1) is 22.2. The van der Waals surface area contributed by atoms with Crippen molar-refractivity contribution in [3.05, 3.63) is 71.0 Å². The number of hydrogen-bond acceptors (Lipinski definition) is 6. The molecule has 31 heavy (non-hydrogen) atoms. The van der Waals surface area contributed by atoms with Crippen LogP contribution >= 0.6 is 0 Å². The lowest BCUT2D eigenvalue weighted by Gasteiger charge is -2.09. The van der Waals surface area contributed by atoms with E-state index in [2.05, 4.69) is 15.2 Å². The average molecular weight is 442 g/mol. The minimum absolute atomic E-state index is 0.0103. The van der Waals surface area contributed by atoms with Gasteiger partial charge in [0.1, 0.15) is 5.76 Å². The van der Waals surface area contributed by atoms with Crippen molar-refractivity contribution in [2.45, 2.75) is 38.5 Å². The number of aromatic nitrogens is 1. The van der Waals surface area contributed by atoms with Crippen molar-refractivity contribution in [2.24, 2.45) is 0 Å². The Morgan fingerprint density at radius 3 is 2.29 bits per heavy atom. The molecule has 3 rings (SSSR count). The maximum Gasteiger partial charge on any atom is 0.263 e. The third kappa shape index (κ3) is 5.79. The van der Waals surface area contributed by atoms with Crippen LogP contribution in [0, 0.1) is 20.8 Å². The van der Waals surface area contributed by atoms with Crippen LogP contribution in [0.2, 0.25) is 0 Å². The molecule has 2 N–H and O–H groups in total. The number of rotatable bonds is 8. The van der Waals surface area contributed by atoms with E-state index in [1.54, 1.807) is 13.0 Å². The van der Waals surface area contributed by atoms with Crippen molar-refractivity contribution in [1.29, 1.82) is 0 Å². The van der Waals surface area contributed by atoms with Gasteiger partial charge in [-0.15, -0.1) is 0 Å². The molecule has 0 fully saturated rings. The van der Waals surface area contributed by atoms with Crippen LogP contribution in [0.15, 0.2) is 57.9 Å². The molecule has 0 spiro atoms. The van der Waals surface area contributed by atoms with Crippen molar-refractivity contribution in [3.63, 3.8) is 0 Å². The molecule has 1 aromatic heterocycles. The van der Waals surface area contributed by atoms with Crippen LogP contribution < -0.4 is 10.0 Å². The van der Waals surface area contributed by atoms with Gasteiger partial charge in [-0.3, -0.25) is 14.3 Å². The van der Waals surface area contributed by atoms with E-state index < -0.39 is 10.0 Å². The Kier molecular flexibility index (Phi) is 6.55. The fraction of sp³-hybridized carbons (Fsp3) is 0.227. The summed E-state index contributed by atoms with van der Waals surface area (Å²) >= 11 is 0. The number of aryl methyl sites for hydroxylation is 3. The van der Waals surface area contributed by atoms with E-state index in [9.17, 15) is 18.0 Å². The molecule has 8 nitrogen and oxygen atoms in total. The zero-order chi connectivity index (χ0) is 22.6. The normalized spacial score (nSPS) is 11.2. The molecule has 0 aliphatic carbocycles. The molecular formula is C22H23N3O5S. The molecule has 1 amide bonds. The van der Waals surface area contributed by atoms with Crippen LogP contribution in [0.4, 0.5) is 11.5 Å². The minimum Gasteiger partial charge on any atom is -0.360 e. The highest BCUT2D eigenvalue weighted by Crippen LogP contribution is 2.19. The highest BCUT2D eigenvalue weighted by molar-refractivity contribution is 7.92. The molecule has 0 saturated carbocycles. The molecule has 9 heteroatoms. The van der Waals surface area contributed by atoms with Crippen LogP contribution in [0.1, 0.15) is 40.1 Å². The summed E-state index contributed by atoms with van der Waals surface area (Å²) in [6.45, 7) is 5.48. The number of anilines is 2. The van der Waals surface area contributed by atoms with Gasteiger partial charge in [-0.05, 0) is 50.6 Å². The van der Waals surface area contributed by atoms with Crippen LogP contribution in [0.5, 0.6) is 0 Å². The molecular weight excluding hydrogens is 418 g/mol. The third-order valence-electron chi connectivity index (χ3n) is 4.58. The van der Waals surface area contributed by atoms with E-state index >= 15 is 0 Å². The molecule has 0 saturated heterocycles. The number of Topliss-reactive ketones (excluding diaryl/α,β-unsaturated/α-hetero) is 1. The van der Waals surface area contributed by atoms with E-state index in [-0.39, 0.29) is 35.2 Å². The van der Waals surface area contributed by atoms with Crippen LogP contribution in [0.25, 0.3) is 0 Å². The summed E-state index contributed by atoms with van der Waals surface area (Å²) in [5.74, 6) is 0.142. The highest BCUT2D eigenvalue weighted by atomic mass is 32.2. The Labute approximate surface area is 180 Å². The van der Waals surface area contributed by atoms with Crippen molar-refractivity contribution in [2.75, 3.05) is 10.0 Å². The van der Waals surface area contributed by atoms with Gasteiger partial charge in [0.05, 0.1) is 4.90 Å². The Bertz CT molecular complexity index is 1210. The second kappa shape index (κ2) is 9.13. The summed E-state index contributed by atoms with van der Waals surface area (Å²) in [6, 6.07) is 12.7. The quantitative estimate of drug-likeness (QED) is 0.510. The number of amides is 1. The number of ketones is 1. The molecule has 1 heterocycles. The number of hydrogen-bond donors (Lipinski definition) is 2. The molecule has 2 aromatic carbocycles. The van der Waals surface area contributed by atoms with Crippen LogP contribution in [-0.2, 0) is 14.8 Å². The molecule has 0 aliphatic rings. The second-order valence-corrected chi connectivity index (χ2v) is 8.92. The predicted molar refractivity (Wildman–Crippen MR) is 117 cm³/mol. The second-order valence-electron chi connectivity index (χ2n) is 7.24. The molecule has 0 atom stereocenters. The Balaban J connectivity index is 1.56. The van der Waals surface area contributed by atoms with Crippen LogP contribution in [-0.4, -0.2) is 25.3 Å². The zero-order valence-corrected chi connectivity index (χ0v) is 18.2. The molecule has 3 aromatic rings. The van der Waals surface area contributed by atoms with Gasteiger partial charge in [-0.25, -0.2) is 8.42 Å². The maximum atomic E-state index is 12.4. The molecule has 162 valence electrons. The van der Waals surface area contributed by atoms with Gasteiger partial charge in [0.25, 0.3) is 10.0 Å². The van der Waals surface area contributed by atoms with Crippen LogP contribution in [0.3, 0.4) is 0 Å². The number of nitrogens with zero attached hydrogens (tertiary/aromatic N) is 1. The van der Waals surface area contributed by atoms with Gasteiger partial charge in [0, 0.05) is 30.2 Å². The fourth-order valence-corrected chi connectivity index (χ4v) is 4.02. The summed E-state index contributed by atoms with van der Waals surface area (Å²) < 4.78 is 31.9. The van der Waals surface area contributed by atoms with E-state index in [0.29, 0.717) is 17.0 Å². The summed E-state index contributed by atoms with van der Waals surface area (Å²) in [6.07, 6.45) is 0.114. The van der Waals surface area contributed by atoms with Gasteiger partial charge >= 0.3 is 0 Å². The smallest absolute Gasteiger partial charge is 0.263 e. The number of sulfonamides is 1. The van der Waals surface area contributed by atoms with E-state index in [1.807, 2.05) is 26.0 Å². The lowest BCUT2D eigenvalue weighted by atomic mass is 9.99. The van der Waals surface area contributed by atoms with Crippen molar-refractivity contribution < 1.29 is 22.5 Å². The predicted octanol–water partition coefficient (Wildman–Crippen LogP) is 4.00. The highest BCUT2D eigenvalue weighted by Gasteiger charge is 2.17. The monoisotopic (exact) mass is 441 g/mol. The summed E-state index contributed by atoms with van der Waals surface area (Å²) in [5, 5.41) is 6.27. The lowest BCUT2D eigenvalue weighted by molar-refractivity contribution is -0.116. The maximum absolute atomic E-state index is 12.4. The van der Waals surface area contributed by atoms with Crippen molar-refractivity contribution >= 4 is 33.2 Å². The van der Waals surface area contributed by atoms with Crippen molar-refractivity contribution in [3.8, 4) is 0 Å². The first-order chi connectivity index (χ1) is 14.6. The van der Waals surface area contributed by atoms with Gasteiger partial charge in [0.15, 0.2) is 11.6 Å². The molecule has 0 radical (unpaired) electrons. The molecule has 0 unspecified atom stereocenters. The largest absolute Gasteiger partial charge is 0.360 e. The fourth-order valence-electron chi connectivity index (χ4n) is 3.04. The van der Waals surface area contributed by atoms with Gasteiger partial charge in [-0.2, -0.15) is 0 Å². The SMILES string of the molecule is Cc1ccc(C(=O)CCC(=O)Nc2ccc(S(=O)(=O)Nc3cc(C)on3)cc2)c(C)c1.